The highest BCUT2D eigenvalue weighted by molar-refractivity contribution is 5.84. The normalized spacial score (nSPS) is 10.8. The predicted octanol–water partition coefficient (Wildman–Crippen LogP) is 4.72. The van der Waals surface area contributed by atoms with E-state index in [2.05, 4.69) is 12.1 Å². The molecule has 2 aromatic carbocycles. The van der Waals surface area contributed by atoms with E-state index < -0.39 is 5.97 Å². The lowest BCUT2D eigenvalue weighted by Crippen LogP contribution is -2.15. The van der Waals surface area contributed by atoms with Crippen molar-refractivity contribution in [2.45, 2.75) is 6.54 Å². The molecule has 0 saturated carbocycles. The first-order valence-electron chi connectivity index (χ1n) is 7.60. The Morgan fingerprint density at radius 3 is 2.29 bits per heavy atom. The van der Waals surface area contributed by atoms with Gasteiger partial charge >= 0.3 is 5.97 Å². The molecule has 0 fully saturated rings. The van der Waals surface area contributed by atoms with Crippen LogP contribution in [0.1, 0.15) is 11.3 Å². The highest BCUT2D eigenvalue weighted by Crippen LogP contribution is 2.29. The van der Waals surface area contributed by atoms with E-state index in [1.54, 1.807) is 6.07 Å². The number of hydrogen-bond acceptors (Lipinski definition) is 3. The first-order valence-corrected chi connectivity index (χ1v) is 7.60. The molecule has 4 heteroatoms. The Morgan fingerprint density at radius 2 is 1.62 bits per heavy atom. The lowest BCUT2D eigenvalue weighted by atomic mass is 10.2. The van der Waals surface area contributed by atoms with Crippen molar-refractivity contribution >= 4 is 23.6 Å². The van der Waals surface area contributed by atoms with Gasteiger partial charge in [-0.1, -0.05) is 48.5 Å². The highest BCUT2D eigenvalue weighted by Gasteiger charge is 2.13. The highest BCUT2D eigenvalue weighted by atomic mass is 16.4. The summed E-state index contributed by atoms with van der Waals surface area (Å²) in [6, 6.07) is 23.6. The Bertz CT molecular complexity index is 822. The molecule has 3 aromatic rings. The number of carboxylic acid groups (broad SMARTS) is 1. The second kappa shape index (κ2) is 7.33. The maximum atomic E-state index is 10.6. The maximum absolute atomic E-state index is 10.6. The first-order chi connectivity index (χ1) is 11.7. The first kappa shape index (κ1) is 15.6. The molecule has 24 heavy (non-hydrogen) atoms. The quantitative estimate of drug-likeness (QED) is 0.668. The van der Waals surface area contributed by atoms with Crippen LogP contribution in [0, 0.1) is 0 Å². The van der Waals surface area contributed by atoms with Crippen LogP contribution in [0.2, 0.25) is 0 Å². The molecule has 0 spiro atoms. The Hall–Kier alpha value is -3.27. The number of hydrogen-bond donors (Lipinski definition) is 1. The van der Waals surface area contributed by atoms with Gasteiger partial charge in [-0.05, 0) is 29.8 Å². The third-order valence-electron chi connectivity index (χ3n) is 3.52. The molecular weight excluding hydrogens is 302 g/mol. The van der Waals surface area contributed by atoms with E-state index >= 15 is 0 Å². The lowest BCUT2D eigenvalue weighted by Gasteiger charge is -2.22. The van der Waals surface area contributed by atoms with Gasteiger partial charge in [-0.3, -0.25) is 0 Å². The summed E-state index contributed by atoms with van der Waals surface area (Å²) in [4.78, 5) is 12.7. The Morgan fingerprint density at radius 1 is 0.958 bits per heavy atom. The summed E-state index contributed by atoms with van der Waals surface area (Å²) in [6.07, 6.45) is 2.50. The second-order valence-electron chi connectivity index (χ2n) is 5.25. The summed E-state index contributed by atoms with van der Waals surface area (Å²) in [6.45, 7) is 0.653. The van der Waals surface area contributed by atoms with Gasteiger partial charge in [0.2, 0.25) is 5.88 Å². The second-order valence-corrected chi connectivity index (χ2v) is 5.25. The van der Waals surface area contributed by atoms with Crippen LogP contribution in [0.4, 0.5) is 11.6 Å². The van der Waals surface area contributed by atoms with Gasteiger partial charge in [0, 0.05) is 17.8 Å². The predicted molar refractivity (Wildman–Crippen MR) is 94.1 cm³/mol. The van der Waals surface area contributed by atoms with Gasteiger partial charge in [-0.2, -0.15) is 0 Å². The zero-order chi connectivity index (χ0) is 16.8. The number of anilines is 2. The summed E-state index contributed by atoms with van der Waals surface area (Å²) < 4.78 is 5.80. The Balaban J connectivity index is 1.91. The van der Waals surface area contributed by atoms with Crippen molar-refractivity contribution in [3.63, 3.8) is 0 Å². The van der Waals surface area contributed by atoms with Crippen molar-refractivity contribution in [1.82, 2.24) is 0 Å². The van der Waals surface area contributed by atoms with E-state index in [-0.39, 0.29) is 0 Å². The average Bonchev–Trinajstić information content (AvgIpc) is 3.08. The van der Waals surface area contributed by atoms with Crippen LogP contribution in [0.15, 0.2) is 83.3 Å². The van der Waals surface area contributed by atoms with Crippen LogP contribution >= 0.6 is 0 Å². The number of furan rings is 1. The third-order valence-corrected chi connectivity index (χ3v) is 3.52. The van der Waals surface area contributed by atoms with Crippen molar-refractivity contribution in [3.8, 4) is 0 Å². The molecule has 1 N–H and O–H groups in total. The molecule has 0 aliphatic carbocycles. The van der Waals surface area contributed by atoms with Crippen molar-refractivity contribution in [2.75, 3.05) is 4.90 Å². The summed E-state index contributed by atoms with van der Waals surface area (Å²) >= 11 is 0. The van der Waals surface area contributed by atoms with Crippen molar-refractivity contribution in [3.05, 3.63) is 90.2 Å². The van der Waals surface area contributed by atoms with E-state index in [9.17, 15) is 4.79 Å². The molecule has 3 rings (SSSR count). The molecular formula is C20H17NO3. The van der Waals surface area contributed by atoms with Crippen LogP contribution in [-0.4, -0.2) is 11.1 Å². The SMILES string of the molecule is O=C(O)/C=C/c1ccc(N(Cc2ccccc2)c2ccccc2)o1. The molecule has 0 radical (unpaired) electrons. The van der Waals surface area contributed by atoms with Gasteiger partial charge in [0.1, 0.15) is 5.76 Å². The monoisotopic (exact) mass is 319 g/mol. The molecule has 0 saturated heterocycles. The Labute approximate surface area is 140 Å². The minimum absolute atomic E-state index is 0.501. The van der Waals surface area contributed by atoms with Gasteiger partial charge in [0.05, 0.1) is 6.54 Å². The topological polar surface area (TPSA) is 53.7 Å². The minimum Gasteiger partial charge on any atom is -0.478 e. The number of carbonyl (C=O) groups is 1. The fourth-order valence-corrected chi connectivity index (χ4v) is 2.40. The van der Waals surface area contributed by atoms with E-state index in [4.69, 9.17) is 9.52 Å². The van der Waals surface area contributed by atoms with Gasteiger partial charge in [-0.15, -0.1) is 0 Å². The smallest absolute Gasteiger partial charge is 0.328 e. The van der Waals surface area contributed by atoms with Gasteiger partial charge in [0.25, 0.3) is 0 Å². The van der Waals surface area contributed by atoms with Gasteiger partial charge in [-0.25, -0.2) is 4.79 Å². The van der Waals surface area contributed by atoms with Crippen molar-refractivity contribution in [1.29, 1.82) is 0 Å². The van der Waals surface area contributed by atoms with Gasteiger partial charge < -0.3 is 14.4 Å². The summed E-state index contributed by atoms with van der Waals surface area (Å²) in [7, 11) is 0. The Kier molecular flexibility index (Phi) is 4.77. The van der Waals surface area contributed by atoms with Crippen molar-refractivity contribution < 1.29 is 14.3 Å². The van der Waals surface area contributed by atoms with Crippen LogP contribution in [0.25, 0.3) is 6.08 Å². The number of aliphatic carboxylic acids is 1. The van der Waals surface area contributed by atoms with Crippen LogP contribution in [-0.2, 0) is 11.3 Å². The molecule has 120 valence electrons. The van der Waals surface area contributed by atoms with E-state index in [0.717, 1.165) is 17.3 Å². The molecule has 0 aliphatic rings. The number of carboxylic acids is 1. The molecule has 0 amide bonds. The molecule has 0 bridgehead atoms. The number of nitrogens with zero attached hydrogens (tertiary/aromatic N) is 1. The summed E-state index contributed by atoms with van der Waals surface area (Å²) in [5.74, 6) is 0.161. The fraction of sp³-hybridized carbons (Fsp3) is 0.0500. The molecule has 1 heterocycles. The van der Waals surface area contributed by atoms with E-state index in [0.29, 0.717) is 18.2 Å². The van der Waals surface area contributed by atoms with Crippen LogP contribution in [0.3, 0.4) is 0 Å². The maximum Gasteiger partial charge on any atom is 0.328 e. The number of rotatable bonds is 6. The zero-order valence-electron chi connectivity index (χ0n) is 13.0. The van der Waals surface area contributed by atoms with Gasteiger partial charge in [0.15, 0.2) is 0 Å². The van der Waals surface area contributed by atoms with Crippen molar-refractivity contribution in [2.24, 2.45) is 0 Å². The molecule has 0 unspecified atom stereocenters. The van der Waals surface area contributed by atoms with Crippen LogP contribution < -0.4 is 4.90 Å². The number of para-hydroxylation sites is 1. The molecule has 0 aliphatic heterocycles. The summed E-state index contributed by atoms with van der Waals surface area (Å²) in [5, 5.41) is 8.72. The fourth-order valence-electron chi connectivity index (χ4n) is 2.40. The third kappa shape index (κ3) is 3.93. The standard InChI is InChI=1S/C20H17NO3/c22-20(23)14-12-18-11-13-19(24-18)21(17-9-5-2-6-10-17)15-16-7-3-1-4-8-16/h1-14H,15H2,(H,22,23)/b14-12+. The lowest BCUT2D eigenvalue weighted by molar-refractivity contribution is -0.131. The van der Waals surface area contributed by atoms with Crippen LogP contribution in [0.5, 0.6) is 0 Å². The molecule has 1 aromatic heterocycles. The number of benzene rings is 2. The average molecular weight is 319 g/mol. The summed E-state index contributed by atoms with van der Waals surface area (Å²) in [5.41, 5.74) is 2.16. The van der Waals surface area contributed by atoms with E-state index in [1.165, 1.54) is 6.08 Å². The molecule has 4 nitrogen and oxygen atoms in total. The zero-order valence-corrected chi connectivity index (χ0v) is 13.0. The minimum atomic E-state index is -1.00. The van der Waals surface area contributed by atoms with E-state index in [1.807, 2.05) is 59.5 Å². The largest absolute Gasteiger partial charge is 0.478 e. The molecule has 0 atom stereocenters.